The number of aromatic amines is 1. The zero-order chi connectivity index (χ0) is 8.43. The Labute approximate surface area is 62.9 Å². The fraction of sp³-hybridized carbons (Fsp3) is 0.333. The summed E-state index contributed by atoms with van der Waals surface area (Å²) in [6.07, 6.45) is 0. The number of nitrogens with one attached hydrogen (secondary N) is 1. The van der Waals surface area contributed by atoms with Gasteiger partial charge in [-0.2, -0.15) is 4.98 Å². The van der Waals surface area contributed by atoms with Gasteiger partial charge in [0.15, 0.2) is 0 Å². The Balaban J connectivity index is 3.19. The van der Waals surface area contributed by atoms with Crippen LogP contribution in [0.2, 0.25) is 0 Å². The van der Waals surface area contributed by atoms with Gasteiger partial charge in [-0.05, 0) is 6.92 Å². The smallest absolute Gasteiger partial charge is 0.254 e. The molecule has 0 aliphatic rings. The van der Waals surface area contributed by atoms with Crippen molar-refractivity contribution in [3.8, 4) is 5.88 Å². The SMILES string of the molecule is CC(N)c1nc(O)cc(=O)[nH]1. The first-order valence-corrected chi connectivity index (χ1v) is 3.15. The largest absolute Gasteiger partial charge is 0.493 e. The average Bonchev–Trinajstić information content (AvgIpc) is 1.85. The van der Waals surface area contributed by atoms with Crippen LogP contribution in [0.4, 0.5) is 0 Å². The zero-order valence-electron chi connectivity index (χ0n) is 6.03. The van der Waals surface area contributed by atoms with Crippen LogP contribution in [0, 0.1) is 0 Å². The molecular weight excluding hydrogens is 146 g/mol. The summed E-state index contributed by atoms with van der Waals surface area (Å²) in [4.78, 5) is 16.7. The molecule has 0 saturated carbocycles. The third kappa shape index (κ3) is 1.78. The molecule has 0 aromatic carbocycles. The Morgan fingerprint density at radius 1 is 1.82 bits per heavy atom. The lowest BCUT2D eigenvalue weighted by Crippen LogP contribution is -2.16. The monoisotopic (exact) mass is 155 g/mol. The second-order valence-electron chi connectivity index (χ2n) is 2.28. The maximum atomic E-state index is 10.7. The molecule has 0 spiro atoms. The van der Waals surface area contributed by atoms with Crippen molar-refractivity contribution in [1.82, 2.24) is 9.97 Å². The maximum absolute atomic E-state index is 10.7. The van der Waals surface area contributed by atoms with Gasteiger partial charge in [0.2, 0.25) is 5.88 Å². The molecule has 0 fully saturated rings. The molecule has 4 N–H and O–H groups in total. The van der Waals surface area contributed by atoms with E-state index in [4.69, 9.17) is 10.8 Å². The fourth-order valence-corrected chi connectivity index (χ4v) is 0.679. The molecule has 11 heavy (non-hydrogen) atoms. The summed E-state index contributed by atoms with van der Waals surface area (Å²) >= 11 is 0. The Kier molecular flexibility index (Phi) is 1.91. The van der Waals surface area contributed by atoms with Crippen LogP contribution in [0.25, 0.3) is 0 Å². The van der Waals surface area contributed by atoms with Gasteiger partial charge in [0.25, 0.3) is 5.56 Å². The van der Waals surface area contributed by atoms with Crippen LogP contribution in [0.3, 0.4) is 0 Å². The van der Waals surface area contributed by atoms with Crippen LogP contribution < -0.4 is 11.3 Å². The molecule has 5 heteroatoms. The van der Waals surface area contributed by atoms with Gasteiger partial charge in [-0.15, -0.1) is 0 Å². The van der Waals surface area contributed by atoms with Gasteiger partial charge in [0, 0.05) is 0 Å². The predicted molar refractivity (Wildman–Crippen MR) is 39.1 cm³/mol. The molecule has 0 bridgehead atoms. The number of H-pyrrole nitrogens is 1. The highest BCUT2D eigenvalue weighted by Crippen LogP contribution is 2.03. The average molecular weight is 155 g/mol. The van der Waals surface area contributed by atoms with Crippen molar-refractivity contribution >= 4 is 0 Å². The Bertz CT molecular complexity index is 305. The molecular formula is C6H9N3O2. The first-order chi connectivity index (χ1) is 5.09. The normalized spacial score (nSPS) is 12.9. The number of hydrogen-bond donors (Lipinski definition) is 3. The van der Waals surface area contributed by atoms with E-state index in [0.717, 1.165) is 6.07 Å². The first-order valence-electron chi connectivity index (χ1n) is 3.15. The highest BCUT2D eigenvalue weighted by Gasteiger charge is 2.03. The molecule has 1 heterocycles. The van der Waals surface area contributed by atoms with E-state index >= 15 is 0 Å². The molecule has 0 aliphatic carbocycles. The topological polar surface area (TPSA) is 92.0 Å². The van der Waals surface area contributed by atoms with E-state index in [-0.39, 0.29) is 17.7 Å². The molecule has 1 atom stereocenters. The van der Waals surface area contributed by atoms with Crippen molar-refractivity contribution < 1.29 is 5.11 Å². The number of hydrogen-bond acceptors (Lipinski definition) is 4. The van der Waals surface area contributed by atoms with E-state index in [1.165, 1.54) is 0 Å². The summed E-state index contributed by atoms with van der Waals surface area (Å²) in [5.74, 6) is -0.0175. The maximum Gasteiger partial charge on any atom is 0.254 e. The lowest BCUT2D eigenvalue weighted by molar-refractivity contribution is 0.445. The van der Waals surface area contributed by atoms with Crippen molar-refractivity contribution in [2.75, 3.05) is 0 Å². The van der Waals surface area contributed by atoms with E-state index in [1.54, 1.807) is 6.92 Å². The Morgan fingerprint density at radius 2 is 2.45 bits per heavy atom. The van der Waals surface area contributed by atoms with Crippen LogP contribution >= 0.6 is 0 Å². The van der Waals surface area contributed by atoms with Crippen LogP contribution in [0.5, 0.6) is 5.88 Å². The molecule has 1 aromatic rings. The van der Waals surface area contributed by atoms with Crippen LogP contribution in [0.15, 0.2) is 10.9 Å². The first kappa shape index (κ1) is 7.74. The van der Waals surface area contributed by atoms with Crippen molar-refractivity contribution in [2.45, 2.75) is 13.0 Å². The van der Waals surface area contributed by atoms with E-state index < -0.39 is 5.56 Å². The van der Waals surface area contributed by atoms with Crippen LogP contribution in [-0.2, 0) is 0 Å². The quantitative estimate of drug-likeness (QED) is 0.509. The van der Waals surface area contributed by atoms with Crippen molar-refractivity contribution in [3.63, 3.8) is 0 Å². The van der Waals surface area contributed by atoms with Gasteiger partial charge in [0.1, 0.15) is 5.82 Å². The summed E-state index contributed by atoms with van der Waals surface area (Å²) in [7, 11) is 0. The Morgan fingerprint density at radius 3 is 2.91 bits per heavy atom. The zero-order valence-corrected chi connectivity index (χ0v) is 6.03. The standard InChI is InChI=1S/C6H9N3O2/c1-3(7)6-8-4(10)2-5(11)9-6/h2-3H,7H2,1H3,(H2,8,9,10,11). The second kappa shape index (κ2) is 2.71. The molecule has 1 unspecified atom stereocenters. The Hall–Kier alpha value is -1.36. The number of nitrogens with zero attached hydrogens (tertiary/aromatic N) is 1. The van der Waals surface area contributed by atoms with E-state index in [2.05, 4.69) is 9.97 Å². The minimum atomic E-state index is -0.398. The van der Waals surface area contributed by atoms with Gasteiger partial charge in [-0.25, -0.2) is 0 Å². The van der Waals surface area contributed by atoms with Crippen molar-refractivity contribution in [2.24, 2.45) is 5.73 Å². The fourth-order valence-electron chi connectivity index (χ4n) is 0.679. The minimum Gasteiger partial charge on any atom is -0.493 e. The van der Waals surface area contributed by atoms with Gasteiger partial charge in [0.05, 0.1) is 12.1 Å². The molecule has 60 valence electrons. The van der Waals surface area contributed by atoms with E-state index in [0.29, 0.717) is 0 Å². The summed E-state index contributed by atoms with van der Waals surface area (Å²) in [5, 5.41) is 8.86. The minimum absolute atomic E-state index is 0.287. The van der Waals surface area contributed by atoms with Crippen molar-refractivity contribution in [1.29, 1.82) is 0 Å². The summed E-state index contributed by atoms with van der Waals surface area (Å²) in [6.45, 7) is 1.66. The molecule has 0 aliphatic heterocycles. The van der Waals surface area contributed by atoms with Crippen LogP contribution in [-0.4, -0.2) is 15.1 Å². The van der Waals surface area contributed by atoms with Crippen LogP contribution in [0.1, 0.15) is 18.8 Å². The summed E-state index contributed by atoms with van der Waals surface area (Å²) < 4.78 is 0. The van der Waals surface area contributed by atoms with Gasteiger partial charge in [-0.3, -0.25) is 4.79 Å². The van der Waals surface area contributed by atoms with Gasteiger partial charge >= 0.3 is 0 Å². The number of aromatic hydroxyl groups is 1. The number of aromatic nitrogens is 2. The molecule has 0 amide bonds. The molecule has 1 rings (SSSR count). The van der Waals surface area contributed by atoms with Gasteiger partial charge in [-0.1, -0.05) is 0 Å². The second-order valence-corrected chi connectivity index (χ2v) is 2.28. The third-order valence-electron chi connectivity index (χ3n) is 1.18. The third-order valence-corrected chi connectivity index (χ3v) is 1.18. The number of rotatable bonds is 1. The summed E-state index contributed by atoms with van der Waals surface area (Å²) in [5.41, 5.74) is 5.01. The lowest BCUT2D eigenvalue weighted by atomic mass is 10.3. The molecule has 0 saturated heterocycles. The lowest BCUT2D eigenvalue weighted by Gasteiger charge is -2.02. The number of nitrogens with two attached hydrogens (primary N) is 1. The molecule has 5 nitrogen and oxygen atoms in total. The van der Waals surface area contributed by atoms with Gasteiger partial charge < -0.3 is 15.8 Å². The molecule has 0 radical (unpaired) electrons. The highest BCUT2D eigenvalue weighted by atomic mass is 16.3. The van der Waals surface area contributed by atoms with E-state index in [9.17, 15) is 4.79 Å². The molecule has 1 aromatic heterocycles. The van der Waals surface area contributed by atoms with E-state index in [1.807, 2.05) is 0 Å². The predicted octanol–water partition coefficient (Wildman–Crippen LogP) is -0.505. The van der Waals surface area contributed by atoms with Crippen molar-refractivity contribution in [3.05, 3.63) is 22.2 Å². The summed E-state index contributed by atoms with van der Waals surface area (Å²) in [6, 6.07) is 0.612. The highest BCUT2D eigenvalue weighted by molar-refractivity contribution is 5.07.